The van der Waals surface area contributed by atoms with Gasteiger partial charge >= 0.3 is 6.18 Å². The molecule has 0 saturated carbocycles. The van der Waals surface area contributed by atoms with Gasteiger partial charge in [0.25, 0.3) is 5.91 Å². The third-order valence-electron chi connectivity index (χ3n) is 3.75. The minimum atomic E-state index is -4.24. The number of aromatic nitrogens is 1. The van der Waals surface area contributed by atoms with Crippen molar-refractivity contribution < 1.29 is 18.0 Å². The van der Waals surface area contributed by atoms with E-state index in [4.69, 9.17) is 0 Å². The summed E-state index contributed by atoms with van der Waals surface area (Å²) in [5.74, 6) is -1.75. The zero-order chi connectivity index (χ0) is 15.0. The fourth-order valence-corrected chi connectivity index (χ4v) is 3.32. The molecule has 21 heavy (non-hydrogen) atoms. The van der Waals surface area contributed by atoms with Crippen molar-refractivity contribution in [3.05, 3.63) is 29.3 Å². The van der Waals surface area contributed by atoms with Crippen molar-refractivity contribution in [2.45, 2.75) is 19.0 Å². The Bertz CT molecular complexity index is 668. The third-order valence-corrected chi connectivity index (χ3v) is 4.54. The van der Waals surface area contributed by atoms with E-state index >= 15 is 0 Å². The zero-order valence-electron chi connectivity index (χ0n) is 11.1. The summed E-state index contributed by atoms with van der Waals surface area (Å²) in [6, 6.07) is 5.05. The summed E-state index contributed by atoms with van der Waals surface area (Å²) in [5, 5.41) is 0. The number of likely N-dealkylation sites (tertiary alicyclic amines) is 1. The minimum absolute atomic E-state index is 0.0984. The number of hydrogen-bond donors (Lipinski definition) is 0. The van der Waals surface area contributed by atoms with Crippen LogP contribution < -0.4 is 0 Å². The predicted octanol–water partition coefficient (Wildman–Crippen LogP) is 3.71. The fraction of sp³-hybridized carbons (Fsp3) is 0.429. The number of nitrogens with zero attached hydrogens (tertiary/aromatic N) is 2. The summed E-state index contributed by atoms with van der Waals surface area (Å²) in [6.45, 7) is 0.134. The Kier molecular flexibility index (Phi) is 3.61. The molecule has 112 valence electrons. The van der Waals surface area contributed by atoms with Gasteiger partial charge in [-0.2, -0.15) is 13.2 Å². The van der Waals surface area contributed by atoms with Crippen LogP contribution in [0.4, 0.5) is 13.2 Å². The van der Waals surface area contributed by atoms with Gasteiger partial charge in [-0.15, -0.1) is 11.3 Å². The van der Waals surface area contributed by atoms with Crippen LogP contribution in [0.1, 0.15) is 23.2 Å². The topological polar surface area (TPSA) is 33.2 Å². The number of thiazole rings is 1. The molecule has 0 N–H and O–H groups in total. The molecule has 2 heterocycles. The van der Waals surface area contributed by atoms with E-state index in [0.717, 1.165) is 10.2 Å². The number of hydrogen-bond acceptors (Lipinski definition) is 3. The lowest BCUT2D eigenvalue weighted by Gasteiger charge is -2.33. The Morgan fingerprint density at radius 2 is 2.19 bits per heavy atom. The second kappa shape index (κ2) is 5.29. The molecule has 0 radical (unpaired) electrons. The number of amides is 1. The number of fused-ring (bicyclic) bond motifs is 1. The van der Waals surface area contributed by atoms with Crippen LogP contribution in [0.3, 0.4) is 0 Å². The quantitative estimate of drug-likeness (QED) is 0.804. The highest BCUT2D eigenvalue weighted by atomic mass is 32.1. The van der Waals surface area contributed by atoms with Crippen LogP contribution in [0, 0.1) is 5.92 Å². The number of halogens is 3. The van der Waals surface area contributed by atoms with Gasteiger partial charge in [0.2, 0.25) is 0 Å². The number of alkyl halides is 3. The Morgan fingerprint density at radius 1 is 1.38 bits per heavy atom. The van der Waals surface area contributed by atoms with Gasteiger partial charge in [-0.05, 0) is 31.0 Å². The summed E-state index contributed by atoms with van der Waals surface area (Å²) in [7, 11) is 0. The lowest BCUT2D eigenvalue weighted by molar-refractivity contribution is -0.184. The Balaban J connectivity index is 1.80. The second-order valence-electron chi connectivity index (χ2n) is 5.17. The number of rotatable bonds is 1. The average molecular weight is 314 g/mol. The minimum Gasteiger partial charge on any atom is -0.338 e. The summed E-state index contributed by atoms with van der Waals surface area (Å²) >= 11 is 1.41. The average Bonchev–Trinajstić information content (AvgIpc) is 2.93. The summed E-state index contributed by atoms with van der Waals surface area (Å²) in [4.78, 5) is 17.8. The van der Waals surface area contributed by atoms with E-state index in [1.807, 2.05) is 0 Å². The zero-order valence-corrected chi connectivity index (χ0v) is 11.9. The van der Waals surface area contributed by atoms with Crippen molar-refractivity contribution in [1.82, 2.24) is 9.88 Å². The molecule has 1 aliphatic rings. The molecule has 3 rings (SSSR count). The maximum absolute atomic E-state index is 12.8. The molecular weight excluding hydrogens is 301 g/mol. The monoisotopic (exact) mass is 314 g/mol. The smallest absolute Gasteiger partial charge is 0.338 e. The SMILES string of the molecule is O=C(c1ccc2ncsc2c1)N1CCC[C@H](C(F)(F)F)C1. The van der Waals surface area contributed by atoms with Gasteiger partial charge < -0.3 is 4.90 Å². The highest BCUT2D eigenvalue weighted by molar-refractivity contribution is 7.16. The molecule has 0 bridgehead atoms. The number of piperidine rings is 1. The first-order valence-corrected chi connectivity index (χ1v) is 7.52. The maximum atomic E-state index is 12.8. The van der Waals surface area contributed by atoms with E-state index in [9.17, 15) is 18.0 Å². The van der Waals surface area contributed by atoms with Crippen molar-refractivity contribution in [2.24, 2.45) is 5.92 Å². The third kappa shape index (κ3) is 2.88. The Morgan fingerprint density at radius 3 is 2.95 bits per heavy atom. The fourth-order valence-electron chi connectivity index (χ4n) is 2.60. The molecule has 1 amide bonds. The number of carbonyl (C=O) groups is 1. The van der Waals surface area contributed by atoms with E-state index in [2.05, 4.69) is 4.98 Å². The van der Waals surface area contributed by atoms with Crippen molar-refractivity contribution in [1.29, 1.82) is 0 Å². The van der Waals surface area contributed by atoms with Crippen LogP contribution in [0.15, 0.2) is 23.7 Å². The molecule has 2 aromatic rings. The van der Waals surface area contributed by atoms with Crippen LogP contribution in [0.2, 0.25) is 0 Å². The molecule has 1 aromatic heterocycles. The number of benzene rings is 1. The van der Waals surface area contributed by atoms with Crippen LogP contribution in [0.25, 0.3) is 10.2 Å². The molecule has 1 fully saturated rings. The molecule has 3 nitrogen and oxygen atoms in total. The summed E-state index contributed by atoms with van der Waals surface area (Å²) < 4.78 is 39.3. The van der Waals surface area contributed by atoms with E-state index < -0.39 is 12.1 Å². The standard InChI is InChI=1S/C14H13F3N2OS/c15-14(16,17)10-2-1-5-19(7-10)13(20)9-3-4-11-12(6-9)21-8-18-11/h3-4,6,8,10H,1-2,5,7H2/t10-/m0/s1. The largest absolute Gasteiger partial charge is 0.393 e. The lowest BCUT2D eigenvalue weighted by atomic mass is 9.97. The van der Waals surface area contributed by atoms with Crippen molar-refractivity contribution >= 4 is 27.5 Å². The molecule has 0 aliphatic carbocycles. The van der Waals surface area contributed by atoms with Crippen molar-refractivity contribution in [3.63, 3.8) is 0 Å². The van der Waals surface area contributed by atoms with Crippen molar-refractivity contribution in [3.8, 4) is 0 Å². The summed E-state index contributed by atoms with van der Waals surface area (Å²) in [6.07, 6.45) is -3.75. The van der Waals surface area contributed by atoms with E-state index in [1.54, 1.807) is 23.7 Å². The molecule has 1 saturated heterocycles. The van der Waals surface area contributed by atoms with Crippen LogP contribution in [-0.4, -0.2) is 35.1 Å². The molecule has 0 spiro atoms. The highest BCUT2D eigenvalue weighted by Crippen LogP contribution is 2.33. The van der Waals surface area contributed by atoms with Gasteiger partial charge in [-0.1, -0.05) is 0 Å². The Labute approximate surface area is 123 Å². The van der Waals surface area contributed by atoms with Gasteiger partial charge in [0.05, 0.1) is 21.6 Å². The molecule has 7 heteroatoms. The molecular formula is C14H13F3N2OS. The van der Waals surface area contributed by atoms with Crippen LogP contribution in [0.5, 0.6) is 0 Å². The second-order valence-corrected chi connectivity index (χ2v) is 6.05. The Hall–Kier alpha value is -1.63. The predicted molar refractivity (Wildman–Crippen MR) is 74.3 cm³/mol. The molecule has 1 atom stereocenters. The van der Waals surface area contributed by atoms with Gasteiger partial charge in [-0.25, -0.2) is 4.98 Å². The van der Waals surface area contributed by atoms with E-state index in [0.29, 0.717) is 18.5 Å². The number of carbonyl (C=O) groups excluding carboxylic acids is 1. The first-order valence-electron chi connectivity index (χ1n) is 6.64. The molecule has 1 aromatic carbocycles. The van der Waals surface area contributed by atoms with Crippen LogP contribution in [-0.2, 0) is 0 Å². The van der Waals surface area contributed by atoms with E-state index in [1.165, 1.54) is 16.2 Å². The maximum Gasteiger partial charge on any atom is 0.393 e. The van der Waals surface area contributed by atoms with Gasteiger partial charge in [-0.3, -0.25) is 4.79 Å². The van der Waals surface area contributed by atoms with Gasteiger partial charge in [0, 0.05) is 18.7 Å². The lowest BCUT2D eigenvalue weighted by Crippen LogP contribution is -2.44. The normalized spacial score (nSPS) is 20.0. The summed E-state index contributed by atoms with van der Waals surface area (Å²) in [5.41, 5.74) is 2.90. The van der Waals surface area contributed by atoms with Gasteiger partial charge in [0.15, 0.2) is 0 Å². The van der Waals surface area contributed by atoms with E-state index in [-0.39, 0.29) is 18.9 Å². The van der Waals surface area contributed by atoms with Gasteiger partial charge in [0.1, 0.15) is 0 Å². The van der Waals surface area contributed by atoms with Crippen molar-refractivity contribution in [2.75, 3.05) is 13.1 Å². The molecule has 1 aliphatic heterocycles. The van der Waals surface area contributed by atoms with Crippen LogP contribution >= 0.6 is 11.3 Å². The first kappa shape index (κ1) is 14.3. The molecule has 0 unspecified atom stereocenters. The first-order chi connectivity index (χ1) is 9.95. The highest BCUT2D eigenvalue weighted by Gasteiger charge is 2.42.